The standard InChI is InChI=1S/C21H28N6O/c1-16-7-4-5-9-20(16)23-21(28)22-17-10-12-19(13-11-17)27-15-18(24-25-27)8-6-14-26(2)3/h4-5,7,9-13,15,24-25H,6,8,14H2,1-3H3,(H2,22,23,28). The summed E-state index contributed by atoms with van der Waals surface area (Å²) >= 11 is 0. The van der Waals surface area contributed by atoms with Crippen LogP contribution in [0.3, 0.4) is 0 Å². The summed E-state index contributed by atoms with van der Waals surface area (Å²) in [5.74, 6) is 0. The van der Waals surface area contributed by atoms with Crippen molar-refractivity contribution in [2.75, 3.05) is 36.3 Å². The van der Waals surface area contributed by atoms with Gasteiger partial charge in [-0.05, 0) is 76.3 Å². The van der Waals surface area contributed by atoms with Crippen molar-refractivity contribution < 1.29 is 4.79 Å². The number of anilines is 3. The lowest BCUT2D eigenvalue weighted by Gasteiger charge is -2.16. The Labute approximate surface area is 166 Å². The molecule has 0 aliphatic carbocycles. The summed E-state index contributed by atoms with van der Waals surface area (Å²) in [6, 6.07) is 15.1. The number of hydrazine groups is 2. The number of carbonyl (C=O) groups is 1. The molecule has 0 atom stereocenters. The molecule has 2 aromatic rings. The summed E-state index contributed by atoms with van der Waals surface area (Å²) in [6.45, 7) is 3.02. The summed E-state index contributed by atoms with van der Waals surface area (Å²) in [6.07, 6.45) is 4.14. The molecule has 148 valence electrons. The maximum Gasteiger partial charge on any atom is 0.323 e. The van der Waals surface area contributed by atoms with Gasteiger partial charge in [0.05, 0.1) is 5.69 Å². The molecule has 0 saturated carbocycles. The molecular formula is C21H28N6O. The molecule has 2 amide bonds. The minimum absolute atomic E-state index is 0.258. The SMILES string of the molecule is Cc1ccccc1NC(=O)Nc1ccc(N2C=C(CCCN(C)C)NN2)cc1. The predicted molar refractivity (Wildman–Crippen MR) is 115 cm³/mol. The van der Waals surface area contributed by atoms with Crippen molar-refractivity contribution in [1.29, 1.82) is 0 Å². The van der Waals surface area contributed by atoms with Crippen LogP contribution in [0.4, 0.5) is 21.9 Å². The Morgan fingerprint density at radius 3 is 2.54 bits per heavy atom. The van der Waals surface area contributed by atoms with Crippen LogP contribution in [0.15, 0.2) is 60.4 Å². The predicted octanol–water partition coefficient (Wildman–Crippen LogP) is 3.65. The van der Waals surface area contributed by atoms with Crippen LogP contribution in [0, 0.1) is 6.92 Å². The number of nitrogens with zero attached hydrogens (tertiary/aromatic N) is 2. The van der Waals surface area contributed by atoms with Gasteiger partial charge in [-0.1, -0.05) is 18.2 Å². The fraction of sp³-hybridized carbons (Fsp3) is 0.286. The van der Waals surface area contributed by atoms with E-state index in [1.807, 2.05) is 60.5 Å². The van der Waals surface area contributed by atoms with Gasteiger partial charge in [-0.25, -0.2) is 4.79 Å². The number of amides is 2. The molecule has 0 saturated heterocycles. The van der Waals surface area contributed by atoms with Gasteiger partial charge in [0, 0.05) is 23.3 Å². The molecule has 1 aliphatic heterocycles. The zero-order valence-corrected chi connectivity index (χ0v) is 16.6. The van der Waals surface area contributed by atoms with E-state index in [1.165, 1.54) is 0 Å². The van der Waals surface area contributed by atoms with Crippen LogP contribution in [0.25, 0.3) is 0 Å². The number of hydrogen-bond acceptors (Lipinski definition) is 5. The minimum atomic E-state index is -0.258. The molecule has 1 aliphatic rings. The maximum atomic E-state index is 12.2. The molecule has 0 aromatic heterocycles. The van der Waals surface area contributed by atoms with Crippen LogP contribution in [0.2, 0.25) is 0 Å². The third-order valence-corrected chi connectivity index (χ3v) is 4.47. The Balaban J connectivity index is 1.53. The van der Waals surface area contributed by atoms with Gasteiger partial charge in [0.15, 0.2) is 0 Å². The Morgan fingerprint density at radius 2 is 1.82 bits per heavy atom. The molecule has 0 spiro atoms. The first-order valence-corrected chi connectivity index (χ1v) is 9.41. The molecule has 3 rings (SSSR count). The fourth-order valence-electron chi connectivity index (χ4n) is 2.91. The molecule has 0 unspecified atom stereocenters. The Morgan fingerprint density at radius 1 is 1.07 bits per heavy atom. The molecule has 4 N–H and O–H groups in total. The van der Waals surface area contributed by atoms with Crippen LogP contribution in [0.5, 0.6) is 0 Å². The second kappa shape index (κ2) is 9.25. The number of allylic oxidation sites excluding steroid dienone is 1. The van der Waals surface area contributed by atoms with Crippen molar-refractivity contribution in [2.45, 2.75) is 19.8 Å². The lowest BCUT2D eigenvalue weighted by molar-refractivity contribution is 0.262. The Kier molecular flexibility index (Phi) is 6.52. The zero-order valence-electron chi connectivity index (χ0n) is 16.6. The first-order chi connectivity index (χ1) is 13.5. The van der Waals surface area contributed by atoms with E-state index in [1.54, 1.807) is 0 Å². The molecule has 1 heterocycles. The van der Waals surface area contributed by atoms with Gasteiger partial charge >= 0.3 is 6.03 Å². The maximum absolute atomic E-state index is 12.2. The summed E-state index contributed by atoms with van der Waals surface area (Å²) in [5.41, 5.74) is 11.0. The number of para-hydroxylation sites is 1. The number of benzene rings is 2. The Hall–Kier alpha value is -3.03. The highest BCUT2D eigenvalue weighted by atomic mass is 16.2. The number of rotatable bonds is 7. The van der Waals surface area contributed by atoms with E-state index < -0.39 is 0 Å². The number of carbonyl (C=O) groups excluding carboxylic acids is 1. The third kappa shape index (κ3) is 5.48. The van der Waals surface area contributed by atoms with Gasteiger partial charge in [-0.2, -0.15) is 0 Å². The highest BCUT2D eigenvalue weighted by molar-refractivity contribution is 6.00. The van der Waals surface area contributed by atoms with Crippen molar-refractivity contribution in [3.63, 3.8) is 0 Å². The number of nitrogens with one attached hydrogen (secondary N) is 4. The van der Waals surface area contributed by atoms with Crippen LogP contribution in [-0.2, 0) is 0 Å². The van der Waals surface area contributed by atoms with Crippen LogP contribution in [-0.4, -0.2) is 31.6 Å². The lowest BCUT2D eigenvalue weighted by Crippen LogP contribution is -2.36. The van der Waals surface area contributed by atoms with E-state index >= 15 is 0 Å². The number of hydrogen-bond donors (Lipinski definition) is 4. The summed E-state index contributed by atoms with van der Waals surface area (Å²) in [4.78, 5) is 14.4. The lowest BCUT2D eigenvalue weighted by atomic mass is 10.2. The van der Waals surface area contributed by atoms with E-state index in [4.69, 9.17) is 0 Å². The molecule has 0 bridgehead atoms. The summed E-state index contributed by atoms with van der Waals surface area (Å²) < 4.78 is 0. The monoisotopic (exact) mass is 380 g/mol. The highest BCUT2D eigenvalue weighted by Gasteiger charge is 2.13. The minimum Gasteiger partial charge on any atom is -0.309 e. The van der Waals surface area contributed by atoms with Crippen molar-refractivity contribution >= 4 is 23.1 Å². The largest absolute Gasteiger partial charge is 0.323 e. The second-order valence-electron chi connectivity index (χ2n) is 7.11. The average molecular weight is 380 g/mol. The quantitative estimate of drug-likeness (QED) is 0.590. The van der Waals surface area contributed by atoms with Crippen LogP contribution < -0.4 is 26.6 Å². The number of urea groups is 1. The van der Waals surface area contributed by atoms with Crippen molar-refractivity contribution in [1.82, 2.24) is 15.9 Å². The molecule has 7 nitrogen and oxygen atoms in total. The molecule has 28 heavy (non-hydrogen) atoms. The molecule has 0 fully saturated rings. The van der Waals surface area contributed by atoms with E-state index in [2.05, 4.69) is 46.8 Å². The highest BCUT2D eigenvalue weighted by Crippen LogP contribution is 2.20. The van der Waals surface area contributed by atoms with Gasteiger partial charge in [-0.15, -0.1) is 5.53 Å². The van der Waals surface area contributed by atoms with E-state index in [-0.39, 0.29) is 6.03 Å². The zero-order chi connectivity index (χ0) is 19.9. The van der Waals surface area contributed by atoms with E-state index in [0.29, 0.717) is 0 Å². The van der Waals surface area contributed by atoms with Gasteiger partial charge < -0.3 is 21.0 Å². The van der Waals surface area contributed by atoms with Crippen molar-refractivity contribution in [2.24, 2.45) is 0 Å². The molecule has 2 aromatic carbocycles. The first kappa shape index (κ1) is 19.7. The first-order valence-electron chi connectivity index (χ1n) is 9.41. The van der Waals surface area contributed by atoms with Gasteiger partial charge in [-0.3, -0.25) is 5.01 Å². The fourth-order valence-corrected chi connectivity index (χ4v) is 2.91. The van der Waals surface area contributed by atoms with Crippen LogP contribution >= 0.6 is 0 Å². The van der Waals surface area contributed by atoms with Crippen LogP contribution in [0.1, 0.15) is 18.4 Å². The van der Waals surface area contributed by atoms with Crippen molar-refractivity contribution in [3.05, 3.63) is 66.0 Å². The molecule has 0 radical (unpaired) electrons. The summed E-state index contributed by atoms with van der Waals surface area (Å²) in [7, 11) is 4.16. The topological polar surface area (TPSA) is 71.7 Å². The normalized spacial score (nSPS) is 13.3. The number of aryl methyl sites for hydroxylation is 1. The second-order valence-corrected chi connectivity index (χ2v) is 7.11. The van der Waals surface area contributed by atoms with E-state index in [9.17, 15) is 4.79 Å². The average Bonchev–Trinajstić information content (AvgIpc) is 3.13. The molecular weight excluding hydrogens is 352 g/mol. The van der Waals surface area contributed by atoms with Gasteiger partial charge in [0.25, 0.3) is 0 Å². The Bertz CT molecular complexity index is 831. The smallest absolute Gasteiger partial charge is 0.309 e. The van der Waals surface area contributed by atoms with Crippen molar-refractivity contribution in [3.8, 4) is 0 Å². The van der Waals surface area contributed by atoms with Gasteiger partial charge in [0.2, 0.25) is 0 Å². The van der Waals surface area contributed by atoms with Gasteiger partial charge in [0.1, 0.15) is 0 Å². The third-order valence-electron chi connectivity index (χ3n) is 4.47. The molecule has 7 heteroatoms. The van der Waals surface area contributed by atoms with E-state index in [0.717, 1.165) is 47.7 Å². The summed E-state index contributed by atoms with van der Waals surface area (Å²) in [5, 5.41) is 7.66.